The van der Waals surface area contributed by atoms with Crippen LogP contribution in [0.5, 0.6) is 0 Å². The van der Waals surface area contributed by atoms with E-state index in [0.29, 0.717) is 11.7 Å². The summed E-state index contributed by atoms with van der Waals surface area (Å²) in [6, 6.07) is 0. The van der Waals surface area contributed by atoms with E-state index < -0.39 is 0 Å². The van der Waals surface area contributed by atoms with Crippen molar-refractivity contribution < 1.29 is 9.90 Å². The molecule has 0 spiro atoms. The van der Waals surface area contributed by atoms with Gasteiger partial charge in [-0.2, -0.15) is 0 Å². The number of carbonyl (C=O) groups excluding carboxylic acids is 1. The van der Waals surface area contributed by atoms with Gasteiger partial charge in [0.1, 0.15) is 0 Å². The van der Waals surface area contributed by atoms with Gasteiger partial charge in [0.15, 0.2) is 5.13 Å². The highest BCUT2D eigenvalue weighted by molar-refractivity contribution is 7.13. The number of nitrogens with one attached hydrogen (secondary N) is 1. The summed E-state index contributed by atoms with van der Waals surface area (Å²) in [4.78, 5) is 17.3. The lowest BCUT2D eigenvalue weighted by Gasteiger charge is -2.13. The number of anilines is 1. The van der Waals surface area contributed by atoms with E-state index in [4.69, 9.17) is 5.11 Å². The number of amides is 1. The quantitative estimate of drug-likeness (QED) is 0.763. The van der Waals surface area contributed by atoms with Crippen LogP contribution in [0.25, 0.3) is 0 Å². The average molecular weight is 229 g/mol. The third kappa shape index (κ3) is 4.37. The molecule has 0 aromatic carbocycles. The van der Waals surface area contributed by atoms with E-state index in [2.05, 4.69) is 10.3 Å². The molecule has 0 aliphatic heterocycles. The zero-order valence-electron chi connectivity index (χ0n) is 8.86. The summed E-state index contributed by atoms with van der Waals surface area (Å²) in [5.74, 6) is -0.111. The summed E-state index contributed by atoms with van der Waals surface area (Å²) < 4.78 is 0. The highest BCUT2D eigenvalue weighted by atomic mass is 32.1. The molecule has 1 heterocycles. The molecule has 0 saturated carbocycles. The monoisotopic (exact) mass is 229 g/mol. The van der Waals surface area contributed by atoms with Crippen molar-refractivity contribution in [3.05, 3.63) is 11.1 Å². The minimum absolute atomic E-state index is 0.0557. The molecule has 0 saturated heterocycles. The van der Waals surface area contributed by atoms with E-state index in [9.17, 15) is 4.79 Å². The van der Waals surface area contributed by atoms with Gasteiger partial charge >= 0.3 is 0 Å². The van der Waals surface area contributed by atoms with Crippen LogP contribution in [-0.4, -0.2) is 47.6 Å². The van der Waals surface area contributed by atoms with Crippen LogP contribution in [0.2, 0.25) is 0 Å². The Morgan fingerprint density at radius 3 is 3.00 bits per heavy atom. The molecule has 15 heavy (non-hydrogen) atoms. The Kier molecular flexibility index (Phi) is 4.67. The Hall–Kier alpha value is -0.980. The summed E-state index contributed by atoms with van der Waals surface area (Å²) in [6.45, 7) is 2.69. The smallest absolute Gasteiger partial charge is 0.240 e. The van der Waals surface area contributed by atoms with Crippen molar-refractivity contribution in [2.75, 3.05) is 32.1 Å². The van der Waals surface area contributed by atoms with Crippen molar-refractivity contribution in [2.24, 2.45) is 0 Å². The third-order valence-electron chi connectivity index (χ3n) is 1.76. The molecule has 1 aromatic rings. The molecule has 1 amide bonds. The number of carbonyl (C=O) groups is 1. The molecular formula is C9H15N3O2S. The van der Waals surface area contributed by atoms with Crippen LogP contribution in [0.1, 0.15) is 5.69 Å². The summed E-state index contributed by atoms with van der Waals surface area (Å²) in [5.41, 5.74) is 0.902. The first-order chi connectivity index (χ1) is 7.11. The molecule has 0 aliphatic rings. The lowest BCUT2D eigenvalue weighted by atomic mass is 10.5. The van der Waals surface area contributed by atoms with Crippen LogP contribution in [0.3, 0.4) is 0 Å². The standard InChI is InChI=1S/C9H15N3O2S/c1-7-6-15-9(10-7)11-8(14)5-12(2)3-4-13/h6,13H,3-5H2,1-2H3,(H,10,11,14). The molecule has 84 valence electrons. The normalized spacial score (nSPS) is 10.7. The summed E-state index contributed by atoms with van der Waals surface area (Å²) in [7, 11) is 1.78. The van der Waals surface area contributed by atoms with Gasteiger partial charge in [0, 0.05) is 11.9 Å². The number of aliphatic hydroxyl groups excluding tert-OH is 1. The second-order valence-corrected chi connectivity index (χ2v) is 4.16. The van der Waals surface area contributed by atoms with E-state index >= 15 is 0 Å². The second kappa shape index (κ2) is 5.79. The number of hydrogen-bond acceptors (Lipinski definition) is 5. The van der Waals surface area contributed by atoms with Gasteiger partial charge in [-0.15, -0.1) is 11.3 Å². The minimum atomic E-state index is -0.111. The Morgan fingerprint density at radius 2 is 2.47 bits per heavy atom. The molecule has 0 unspecified atom stereocenters. The predicted octanol–water partition coefficient (Wildman–Crippen LogP) is 0.314. The maximum absolute atomic E-state index is 11.4. The molecule has 6 heteroatoms. The second-order valence-electron chi connectivity index (χ2n) is 3.30. The zero-order chi connectivity index (χ0) is 11.3. The molecule has 1 rings (SSSR count). The van der Waals surface area contributed by atoms with Gasteiger partial charge in [0.25, 0.3) is 0 Å². The van der Waals surface area contributed by atoms with Crippen molar-refractivity contribution in [1.82, 2.24) is 9.88 Å². The van der Waals surface area contributed by atoms with Gasteiger partial charge in [-0.05, 0) is 14.0 Å². The van der Waals surface area contributed by atoms with Gasteiger partial charge in [-0.3, -0.25) is 9.69 Å². The van der Waals surface area contributed by atoms with Crippen molar-refractivity contribution in [1.29, 1.82) is 0 Å². The molecule has 0 bridgehead atoms. The number of hydrogen-bond donors (Lipinski definition) is 2. The van der Waals surface area contributed by atoms with Crippen molar-refractivity contribution in [2.45, 2.75) is 6.92 Å². The largest absolute Gasteiger partial charge is 0.395 e. The van der Waals surface area contributed by atoms with Crippen molar-refractivity contribution in [3.63, 3.8) is 0 Å². The van der Waals surface area contributed by atoms with Crippen molar-refractivity contribution in [3.8, 4) is 0 Å². The summed E-state index contributed by atoms with van der Waals surface area (Å²) in [5, 5.41) is 13.9. The Labute approximate surface area is 92.7 Å². The number of aromatic nitrogens is 1. The van der Waals surface area contributed by atoms with Crippen LogP contribution in [0.4, 0.5) is 5.13 Å². The SMILES string of the molecule is Cc1csc(NC(=O)CN(C)CCO)n1. The maximum Gasteiger partial charge on any atom is 0.240 e. The molecule has 1 aromatic heterocycles. The van der Waals surface area contributed by atoms with Crippen molar-refractivity contribution >= 4 is 22.4 Å². The molecule has 0 radical (unpaired) electrons. The molecule has 2 N–H and O–H groups in total. The fraction of sp³-hybridized carbons (Fsp3) is 0.556. The first kappa shape index (κ1) is 12.1. The van der Waals surface area contributed by atoms with Gasteiger partial charge in [-0.1, -0.05) is 0 Å². The van der Waals surface area contributed by atoms with E-state index in [1.54, 1.807) is 11.9 Å². The average Bonchev–Trinajstić information content (AvgIpc) is 2.51. The number of rotatable bonds is 5. The van der Waals surface area contributed by atoms with E-state index in [-0.39, 0.29) is 19.1 Å². The van der Waals surface area contributed by atoms with E-state index in [0.717, 1.165) is 5.69 Å². The van der Waals surface area contributed by atoms with E-state index in [1.165, 1.54) is 11.3 Å². The molecule has 0 atom stereocenters. The number of aliphatic hydroxyl groups is 1. The Balaban J connectivity index is 2.36. The van der Waals surface area contributed by atoms with Crippen LogP contribution < -0.4 is 5.32 Å². The summed E-state index contributed by atoms with van der Waals surface area (Å²) in [6.07, 6.45) is 0. The topological polar surface area (TPSA) is 65.5 Å². The van der Waals surface area contributed by atoms with Crippen LogP contribution in [0.15, 0.2) is 5.38 Å². The first-order valence-corrected chi connectivity index (χ1v) is 5.51. The summed E-state index contributed by atoms with van der Waals surface area (Å²) >= 11 is 1.41. The van der Waals surface area contributed by atoms with Gasteiger partial charge in [-0.25, -0.2) is 4.98 Å². The van der Waals surface area contributed by atoms with Crippen LogP contribution >= 0.6 is 11.3 Å². The van der Waals surface area contributed by atoms with E-state index in [1.807, 2.05) is 12.3 Å². The molecular weight excluding hydrogens is 214 g/mol. The third-order valence-corrected chi connectivity index (χ3v) is 2.64. The van der Waals surface area contributed by atoms with Gasteiger partial charge in [0.2, 0.25) is 5.91 Å². The lowest BCUT2D eigenvalue weighted by molar-refractivity contribution is -0.117. The predicted molar refractivity (Wildman–Crippen MR) is 60.1 cm³/mol. The van der Waals surface area contributed by atoms with Crippen LogP contribution in [0, 0.1) is 6.92 Å². The Bertz CT molecular complexity index is 327. The fourth-order valence-electron chi connectivity index (χ4n) is 1.07. The lowest BCUT2D eigenvalue weighted by Crippen LogP contribution is -2.32. The Morgan fingerprint density at radius 1 is 1.73 bits per heavy atom. The number of thiazole rings is 1. The number of nitrogens with zero attached hydrogens (tertiary/aromatic N) is 2. The maximum atomic E-state index is 11.4. The number of likely N-dealkylation sites (N-methyl/N-ethyl adjacent to an activating group) is 1. The molecule has 0 aliphatic carbocycles. The van der Waals surface area contributed by atoms with Gasteiger partial charge in [0.05, 0.1) is 18.8 Å². The minimum Gasteiger partial charge on any atom is -0.395 e. The fourth-order valence-corrected chi connectivity index (χ4v) is 1.77. The van der Waals surface area contributed by atoms with Gasteiger partial charge < -0.3 is 10.4 Å². The zero-order valence-corrected chi connectivity index (χ0v) is 9.67. The number of aryl methyl sites for hydroxylation is 1. The highest BCUT2D eigenvalue weighted by Gasteiger charge is 2.07. The molecule has 5 nitrogen and oxygen atoms in total. The highest BCUT2D eigenvalue weighted by Crippen LogP contribution is 2.13. The molecule has 0 fully saturated rings. The first-order valence-electron chi connectivity index (χ1n) is 4.63. The van der Waals surface area contributed by atoms with Crippen LogP contribution in [-0.2, 0) is 4.79 Å².